The van der Waals surface area contributed by atoms with Crippen LogP contribution in [-0.2, 0) is 17.8 Å². The summed E-state index contributed by atoms with van der Waals surface area (Å²) in [5, 5.41) is 8.16. The van der Waals surface area contributed by atoms with E-state index in [2.05, 4.69) is 27.3 Å². The van der Waals surface area contributed by atoms with Gasteiger partial charge in [-0.2, -0.15) is 5.10 Å². The highest BCUT2D eigenvalue weighted by Crippen LogP contribution is 2.30. The second-order valence-electron chi connectivity index (χ2n) is 8.66. The number of ether oxygens (including phenoxy) is 3. The second-order valence-corrected chi connectivity index (χ2v) is 8.66. The minimum Gasteiger partial charge on any atom is -0.493 e. The summed E-state index contributed by atoms with van der Waals surface area (Å²) < 4.78 is 17.3. The summed E-state index contributed by atoms with van der Waals surface area (Å²) in [5.41, 5.74) is 3.58. The molecule has 1 unspecified atom stereocenters. The van der Waals surface area contributed by atoms with Crippen molar-refractivity contribution in [2.24, 2.45) is 5.92 Å². The lowest BCUT2D eigenvalue weighted by Gasteiger charge is -2.24. The van der Waals surface area contributed by atoms with E-state index in [1.807, 2.05) is 35.4 Å². The molecule has 0 saturated carbocycles. The number of H-pyrrole nitrogens is 1. The number of fused-ring (bicyclic) bond motifs is 1. The Hall–Kier alpha value is -3.91. The number of carbonyl (C=O) groups excluding carboxylic acids is 1. The first-order valence-electron chi connectivity index (χ1n) is 11.7. The van der Waals surface area contributed by atoms with Crippen LogP contribution in [0.4, 0.5) is 0 Å². The van der Waals surface area contributed by atoms with E-state index in [0.717, 1.165) is 23.0 Å². The fourth-order valence-electron chi connectivity index (χ4n) is 4.38. The molecule has 3 heterocycles. The lowest BCUT2D eigenvalue weighted by Crippen LogP contribution is -2.36. The summed E-state index contributed by atoms with van der Waals surface area (Å²) in [6, 6.07) is 17.3. The zero-order valence-corrected chi connectivity index (χ0v) is 19.6. The average molecular weight is 473 g/mol. The molecule has 0 aliphatic carbocycles. The van der Waals surface area contributed by atoms with E-state index in [-0.39, 0.29) is 18.4 Å². The predicted molar refractivity (Wildman–Crippen MR) is 132 cm³/mol. The van der Waals surface area contributed by atoms with Crippen LogP contribution in [0.3, 0.4) is 0 Å². The van der Waals surface area contributed by atoms with Crippen molar-refractivity contribution in [3.8, 4) is 11.5 Å². The Bertz CT molecular complexity index is 1290. The van der Waals surface area contributed by atoms with Gasteiger partial charge < -0.3 is 19.1 Å². The number of benzene rings is 2. The van der Waals surface area contributed by atoms with Gasteiger partial charge in [-0.05, 0) is 54.4 Å². The molecule has 180 valence electrons. The third-order valence-corrected chi connectivity index (χ3v) is 6.17. The topological polar surface area (TPSA) is 89.6 Å². The molecule has 5 rings (SSSR count). The summed E-state index contributed by atoms with van der Waals surface area (Å²) in [6.07, 6.45) is 4.38. The Labute approximate surface area is 203 Å². The number of nitrogens with zero attached hydrogens (tertiary/aromatic N) is 3. The molecular formula is C27H28N4O4. The fourth-order valence-corrected chi connectivity index (χ4v) is 4.38. The standard InChI is InChI=1S/C27H28N4O4/c1-33-25-8-6-21(14-26(25)35-18-23-4-2-3-9-28-23)27(32)31-10-11-34-17-20(16-31)12-19-5-7-24-22(13-19)15-29-30-24/h2-9,13-15,20H,10-12,16-18H2,1H3,(H,29,30). The van der Waals surface area contributed by atoms with Gasteiger partial charge in [0.05, 0.1) is 37.7 Å². The summed E-state index contributed by atoms with van der Waals surface area (Å²) in [6.45, 7) is 2.59. The first kappa shape index (κ1) is 22.9. The minimum atomic E-state index is -0.0453. The Morgan fingerprint density at radius 3 is 2.97 bits per heavy atom. The number of nitrogens with one attached hydrogen (secondary N) is 1. The Balaban J connectivity index is 1.29. The Morgan fingerprint density at radius 1 is 1.17 bits per heavy atom. The number of aromatic amines is 1. The molecular weight excluding hydrogens is 444 g/mol. The van der Waals surface area contributed by atoms with E-state index >= 15 is 0 Å². The quantitative estimate of drug-likeness (QED) is 0.439. The lowest BCUT2D eigenvalue weighted by atomic mass is 9.98. The van der Waals surface area contributed by atoms with Crippen molar-refractivity contribution < 1.29 is 19.0 Å². The second kappa shape index (κ2) is 10.6. The summed E-state index contributed by atoms with van der Waals surface area (Å²) in [7, 11) is 1.59. The number of hydrogen-bond donors (Lipinski definition) is 1. The molecule has 0 bridgehead atoms. The molecule has 35 heavy (non-hydrogen) atoms. The lowest BCUT2D eigenvalue weighted by molar-refractivity contribution is 0.0736. The van der Waals surface area contributed by atoms with Crippen molar-refractivity contribution in [2.75, 3.05) is 33.4 Å². The normalized spacial score (nSPS) is 16.1. The predicted octanol–water partition coefficient (Wildman–Crippen LogP) is 3.88. The van der Waals surface area contributed by atoms with E-state index in [9.17, 15) is 4.79 Å². The summed E-state index contributed by atoms with van der Waals surface area (Å²) in [4.78, 5) is 19.6. The minimum absolute atomic E-state index is 0.0453. The van der Waals surface area contributed by atoms with Crippen LogP contribution in [-0.4, -0.2) is 59.4 Å². The molecule has 1 amide bonds. The van der Waals surface area contributed by atoms with Gasteiger partial charge in [0.1, 0.15) is 6.61 Å². The molecule has 2 aromatic carbocycles. The zero-order chi connectivity index (χ0) is 24.0. The molecule has 1 saturated heterocycles. The highest BCUT2D eigenvalue weighted by molar-refractivity contribution is 5.95. The van der Waals surface area contributed by atoms with Gasteiger partial charge in [0.25, 0.3) is 5.91 Å². The average Bonchev–Trinajstić information content (AvgIpc) is 3.24. The summed E-state index contributed by atoms with van der Waals surface area (Å²) >= 11 is 0. The van der Waals surface area contributed by atoms with Crippen molar-refractivity contribution in [1.82, 2.24) is 20.1 Å². The number of amides is 1. The van der Waals surface area contributed by atoms with Crippen LogP contribution < -0.4 is 9.47 Å². The number of carbonyl (C=O) groups is 1. The molecule has 2 aromatic heterocycles. The Kier molecular flexibility index (Phi) is 6.90. The molecule has 1 aliphatic rings. The number of methoxy groups -OCH3 is 1. The van der Waals surface area contributed by atoms with Crippen molar-refractivity contribution in [3.63, 3.8) is 0 Å². The third kappa shape index (κ3) is 5.44. The molecule has 0 spiro atoms. The maximum Gasteiger partial charge on any atom is 0.254 e. The van der Waals surface area contributed by atoms with Crippen molar-refractivity contribution in [1.29, 1.82) is 0 Å². The van der Waals surface area contributed by atoms with Crippen LogP contribution in [0, 0.1) is 5.92 Å². The zero-order valence-electron chi connectivity index (χ0n) is 19.6. The molecule has 1 fully saturated rings. The molecule has 8 nitrogen and oxygen atoms in total. The fraction of sp³-hybridized carbons (Fsp3) is 0.296. The van der Waals surface area contributed by atoms with E-state index < -0.39 is 0 Å². The number of hydrogen-bond acceptors (Lipinski definition) is 6. The van der Waals surface area contributed by atoms with Crippen LogP contribution in [0.15, 0.2) is 67.0 Å². The van der Waals surface area contributed by atoms with Gasteiger partial charge in [0, 0.05) is 36.2 Å². The number of pyridine rings is 1. The molecule has 8 heteroatoms. The molecule has 4 aromatic rings. The first-order chi connectivity index (χ1) is 17.2. The van der Waals surface area contributed by atoms with Crippen LogP contribution in [0.2, 0.25) is 0 Å². The van der Waals surface area contributed by atoms with E-state index in [1.54, 1.807) is 31.5 Å². The van der Waals surface area contributed by atoms with Gasteiger partial charge in [0.15, 0.2) is 11.5 Å². The monoisotopic (exact) mass is 472 g/mol. The largest absolute Gasteiger partial charge is 0.493 e. The van der Waals surface area contributed by atoms with Crippen molar-refractivity contribution in [2.45, 2.75) is 13.0 Å². The number of aromatic nitrogens is 3. The molecule has 1 aliphatic heterocycles. The van der Waals surface area contributed by atoms with Gasteiger partial charge in [0.2, 0.25) is 0 Å². The van der Waals surface area contributed by atoms with Gasteiger partial charge in [-0.3, -0.25) is 14.9 Å². The number of rotatable bonds is 7. The van der Waals surface area contributed by atoms with Gasteiger partial charge in [-0.25, -0.2) is 0 Å². The van der Waals surface area contributed by atoms with E-state index in [0.29, 0.717) is 43.4 Å². The smallest absolute Gasteiger partial charge is 0.254 e. The summed E-state index contributed by atoms with van der Waals surface area (Å²) in [5.74, 6) is 1.24. The van der Waals surface area contributed by atoms with E-state index in [1.165, 1.54) is 5.56 Å². The third-order valence-electron chi connectivity index (χ3n) is 6.17. The SMILES string of the molecule is COc1ccc(C(=O)N2CCOCC(Cc3ccc4[nH]ncc4c3)C2)cc1OCc1ccccn1. The van der Waals surface area contributed by atoms with Gasteiger partial charge in [-0.15, -0.1) is 0 Å². The molecule has 0 radical (unpaired) electrons. The molecule has 1 atom stereocenters. The van der Waals surface area contributed by atoms with Crippen LogP contribution >= 0.6 is 0 Å². The van der Waals surface area contributed by atoms with Crippen molar-refractivity contribution in [3.05, 3.63) is 83.8 Å². The first-order valence-corrected chi connectivity index (χ1v) is 11.7. The van der Waals surface area contributed by atoms with Crippen LogP contribution in [0.5, 0.6) is 11.5 Å². The van der Waals surface area contributed by atoms with Crippen LogP contribution in [0.1, 0.15) is 21.6 Å². The van der Waals surface area contributed by atoms with Gasteiger partial charge >= 0.3 is 0 Å². The molecule has 1 N–H and O–H groups in total. The van der Waals surface area contributed by atoms with Crippen molar-refractivity contribution >= 4 is 16.8 Å². The van der Waals surface area contributed by atoms with Crippen LogP contribution in [0.25, 0.3) is 10.9 Å². The highest BCUT2D eigenvalue weighted by atomic mass is 16.5. The maximum atomic E-state index is 13.5. The highest BCUT2D eigenvalue weighted by Gasteiger charge is 2.25. The maximum absolute atomic E-state index is 13.5. The van der Waals surface area contributed by atoms with E-state index in [4.69, 9.17) is 14.2 Å². The van der Waals surface area contributed by atoms with Gasteiger partial charge in [-0.1, -0.05) is 12.1 Å². The Morgan fingerprint density at radius 2 is 2.11 bits per heavy atom.